The normalized spacial score (nSPS) is 25.6. The summed E-state index contributed by atoms with van der Waals surface area (Å²) in [5.41, 5.74) is -0.965. The van der Waals surface area contributed by atoms with E-state index in [9.17, 15) is 5.11 Å². The summed E-state index contributed by atoms with van der Waals surface area (Å²) in [5.74, 6) is 1.26. The summed E-state index contributed by atoms with van der Waals surface area (Å²) >= 11 is 0. The molecule has 25 heavy (non-hydrogen) atoms. The van der Waals surface area contributed by atoms with Crippen LogP contribution in [0.3, 0.4) is 0 Å². The molecule has 6 nitrogen and oxygen atoms in total. The molecule has 7 heteroatoms. The maximum atomic E-state index is 11.8. The molecule has 1 saturated heterocycles. The van der Waals surface area contributed by atoms with E-state index >= 15 is 0 Å². The third-order valence-corrected chi connectivity index (χ3v) is 5.18. The van der Waals surface area contributed by atoms with Crippen LogP contribution in [0.15, 0.2) is 23.3 Å². The van der Waals surface area contributed by atoms with Crippen LogP contribution in [0.2, 0.25) is 0 Å². The maximum Gasteiger partial charge on any atom is 0.190 e. The molecule has 0 aliphatic carbocycles. The van der Waals surface area contributed by atoms with Gasteiger partial charge in [0.15, 0.2) is 17.2 Å². The van der Waals surface area contributed by atoms with Gasteiger partial charge in [-0.25, -0.2) is 0 Å². The summed E-state index contributed by atoms with van der Waals surface area (Å²) in [6.07, 6.45) is 3.78. The number of benzene rings is 1. The molecule has 1 unspecified atom stereocenters. The number of piperidine rings is 1. The molecule has 0 amide bonds. The molecule has 0 saturated carbocycles. The average molecular weight is 370 g/mol. The highest BCUT2D eigenvalue weighted by Crippen LogP contribution is 2.48. The standard InChI is InChI=1S/C18H27N3O3.ClH/c1-17(2)12-20-21(14-7-9-19-10-8-14)18(17,22)13-5-6-15(23-3)16(11-13)24-4;/h5-6,11-12,14,19,22H,7-10H2,1-4H3;1H. The molecule has 2 heterocycles. The van der Waals surface area contributed by atoms with Gasteiger partial charge < -0.3 is 19.9 Å². The number of hydrogen-bond acceptors (Lipinski definition) is 6. The van der Waals surface area contributed by atoms with Crippen LogP contribution in [0.5, 0.6) is 11.5 Å². The Kier molecular flexibility index (Phi) is 5.86. The quantitative estimate of drug-likeness (QED) is 0.852. The fraction of sp³-hybridized carbons (Fsp3) is 0.611. The van der Waals surface area contributed by atoms with Gasteiger partial charge in [0.05, 0.1) is 25.7 Å². The number of nitrogens with zero attached hydrogens (tertiary/aromatic N) is 2. The van der Waals surface area contributed by atoms with Crippen molar-refractivity contribution >= 4 is 18.6 Å². The van der Waals surface area contributed by atoms with E-state index in [4.69, 9.17) is 9.47 Å². The van der Waals surface area contributed by atoms with Crippen molar-refractivity contribution < 1.29 is 14.6 Å². The van der Waals surface area contributed by atoms with E-state index in [1.54, 1.807) is 14.2 Å². The molecule has 2 aliphatic heterocycles. The zero-order valence-electron chi connectivity index (χ0n) is 15.3. The van der Waals surface area contributed by atoms with Crippen molar-refractivity contribution in [1.82, 2.24) is 10.3 Å². The van der Waals surface area contributed by atoms with Crippen molar-refractivity contribution in [3.63, 3.8) is 0 Å². The van der Waals surface area contributed by atoms with Gasteiger partial charge in [-0.05, 0) is 51.9 Å². The van der Waals surface area contributed by atoms with E-state index in [1.807, 2.05) is 43.3 Å². The van der Waals surface area contributed by atoms with E-state index in [1.165, 1.54) is 0 Å². The number of methoxy groups -OCH3 is 2. The maximum absolute atomic E-state index is 11.8. The van der Waals surface area contributed by atoms with Crippen molar-refractivity contribution in [3.05, 3.63) is 23.8 Å². The van der Waals surface area contributed by atoms with E-state index in [-0.39, 0.29) is 18.4 Å². The minimum atomic E-state index is -1.21. The Morgan fingerprint density at radius 2 is 1.80 bits per heavy atom. The van der Waals surface area contributed by atoms with Crippen LogP contribution in [0.25, 0.3) is 0 Å². The van der Waals surface area contributed by atoms with E-state index < -0.39 is 11.1 Å². The number of aliphatic hydroxyl groups is 1. The van der Waals surface area contributed by atoms with Crippen LogP contribution in [0.1, 0.15) is 32.3 Å². The Balaban J connectivity index is 0.00000225. The first kappa shape index (κ1) is 19.8. The minimum absolute atomic E-state index is 0. The highest BCUT2D eigenvalue weighted by atomic mass is 35.5. The first-order valence-electron chi connectivity index (χ1n) is 8.44. The van der Waals surface area contributed by atoms with Crippen LogP contribution >= 0.6 is 12.4 Å². The molecule has 1 fully saturated rings. The number of hydrogen-bond donors (Lipinski definition) is 2. The van der Waals surface area contributed by atoms with Crippen molar-refractivity contribution in [2.45, 2.75) is 38.5 Å². The first-order valence-corrected chi connectivity index (χ1v) is 8.44. The second-order valence-corrected chi connectivity index (χ2v) is 7.03. The molecule has 2 aliphatic rings. The van der Waals surface area contributed by atoms with E-state index in [0.717, 1.165) is 31.5 Å². The van der Waals surface area contributed by atoms with Crippen molar-refractivity contribution in [1.29, 1.82) is 0 Å². The molecule has 1 aromatic rings. The Morgan fingerprint density at radius 3 is 2.40 bits per heavy atom. The number of nitrogens with one attached hydrogen (secondary N) is 1. The predicted molar refractivity (Wildman–Crippen MR) is 101 cm³/mol. The molecule has 3 rings (SSSR count). The van der Waals surface area contributed by atoms with Crippen LogP contribution in [0.4, 0.5) is 0 Å². The molecule has 140 valence electrons. The van der Waals surface area contributed by atoms with Gasteiger partial charge in [0.2, 0.25) is 0 Å². The number of hydrazone groups is 1. The highest BCUT2D eigenvalue weighted by molar-refractivity contribution is 5.85. The molecule has 2 N–H and O–H groups in total. The van der Waals surface area contributed by atoms with E-state index in [2.05, 4.69) is 10.4 Å². The van der Waals surface area contributed by atoms with Gasteiger partial charge in [-0.3, -0.25) is 5.01 Å². The predicted octanol–water partition coefficient (Wildman–Crippen LogP) is 2.35. The molecular formula is C18H28ClN3O3. The summed E-state index contributed by atoms with van der Waals surface area (Å²) < 4.78 is 10.7. The second-order valence-electron chi connectivity index (χ2n) is 7.03. The number of rotatable bonds is 4. The number of halogens is 1. The monoisotopic (exact) mass is 369 g/mol. The van der Waals surface area contributed by atoms with Crippen LogP contribution in [-0.4, -0.2) is 49.7 Å². The summed E-state index contributed by atoms with van der Waals surface area (Å²) in [4.78, 5) is 0. The van der Waals surface area contributed by atoms with Crippen molar-refractivity contribution in [3.8, 4) is 11.5 Å². The summed E-state index contributed by atoms with van der Waals surface area (Å²) in [5, 5.41) is 21.6. The fourth-order valence-corrected chi connectivity index (χ4v) is 3.64. The lowest BCUT2D eigenvalue weighted by atomic mass is 9.77. The van der Waals surface area contributed by atoms with Gasteiger partial charge in [-0.2, -0.15) is 5.10 Å². The second kappa shape index (κ2) is 7.40. The molecule has 0 radical (unpaired) electrons. The minimum Gasteiger partial charge on any atom is -0.493 e. The fourth-order valence-electron chi connectivity index (χ4n) is 3.64. The zero-order valence-corrected chi connectivity index (χ0v) is 16.1. The first-order chi connectivity index (χ1) is 11.4. The molecule has 1 atom stereocenters. The average Bonchev–Trinajstić information content (AvgIpc) is 2.85. The van der Waals surface area contributed by atoms with E-state index in [0.29, 0.717) is 11.5 Å². The third kappa shape index (κ3) is 3.18. The molecule has 0 spiro atoms. The zero-order chi connectivity index (χ0) is 17.4. The van der Waals surface area contributed by atoms with Crippen LogP contribution in [-0.2, 0) is 5.72 Å². The van der Waals surface area contributed by atoms with Gasteiger partial charge >= 0.3 is 0 Å². The van der Waals surface area contributed by atoms with Gasteiger partial charge in [0, 0.05) is 11.8 Å². The Hall–Kier alpha value is -1.50. The lowest BCUT2D eigenvalue weighted by molar-refractivity contribution is -0.173. The summed E-state index contributed by atoms with van der Waals surface area (Å²) in [6.45, 7) is 5.90. The molecule has 0 aromatic heterocycles. The van der Waals surface area contributed by atoms with Crippen molar-refractivity contribution in [2.75, 3.05) is 27.3 Å². The number of ether oxygens (including phenoxy) is 2. The van der Waals surface area contributed by atoms with Gasteiger partial charge in [-0.15, -0.1) is 12.4 Å². The van der Waals surface area contributed by atoms with Crippen molar-refractivity contribution in [2.24, 2.45) is 10.5 Å². The lowest BCUT2D eigenvalue weighted by Crippen LogP contribution is -2.55. The Labute approximate surface area is 155 Å². The van der Waals surface area contributed by atoms with Gasteiger partial charge in [0.1, 0.15) is 0 Å². The SMILES string of the molecule is COc1ccc(C2(O)N(C3CCNCC3)N=CC2(C)C)cc1OC.Cl. The molecular weight excluding hydrogens is 342 g/mol. The van der Waals surface area contributed by atoms with Gasteiger partial charge in [-0.1, -0.05) is 6.07 Å². The van der Waals surface area contributed by atoms with Gasteiger partial charge in [0.25, 0.3) is 0 Å². The summed E-state index contributed by atoms with van der Waals surface area (Å²) in [7, 11) is 3.21. The Morgan fingerprint density at radius 1 is 1.16 bits per heavy atom. The molecule has 1 aromatic carbocycles. The highest BCUT2D eigenvalue weighted by Gasteiger charge is 2.55. The lowest BCUT2D eigenvalue weighted by Gasteiger charge is -2.46. The Bertz CT molecular complexity index is 632. The third-order valence-electron chi connectivity index (χ3n) is 5.18. The summed E-state index contributed by atoms with van der Waals surface area (Å²) in [6, 6.07) is 5.79. The molecule has 0 bridgehead atoms. The topological polar surface area (TPSA) is 66.3 Å². The largest absolute Gasteiger partial charge is 0.493 e. The van der Waals surface area contributed by atoms with Crippen LogP contribution in [0, 0.1) is 5.41 Å². The smallest absolute Gasteiger partial charge is 0.190 e. The van der Waals surface area contributed by atoms with Crippen LogP contribution < -0.4 is 14.8 Å².